The van der Waals surface area contributed by atoms with Crippen molar-refractivity contribution in [1.82, 2.24) is 0 Å². The summed E-state index contributed by atoms with van der Waals surface area (Å²) in [6, 6.07) is 9.43. The van der Waals surface area contributed by atoms with Crippen LogP contribution in [0.1, 0.15) is 12.5 Å². The topological polar surface area (TPSA) is 32.8 Å². The number of epoxide rings is 1. The molecule has 0 aliphatic carbocycles. The molecule has 1 heterocycles. The van der Waals surface area contributed by atoms with Crippen LogP contribution in [0.5, 0.6) is 0 Å². The van der Waals surface area contributed by atoms with Gasteiger partial charge >= 0.3 is 0 Å². The summed E-state index contributed by atoms with van der Waals surface area (Å²) < 4.78 is 5.05. The smallest absolute Gasteiger partial charge is 0.219 e. The molecule has 2 nitrogen and oxygen atoms in total. The molecule has 0 saturated carbocycles. The van der Waals surface area contributed by atoms with Crippen LogP contribution in [0.15, 0.2) is 30.3 Å². The molecule has 1 aromatic carbocycles. The fraction of sp³-hybridized carbons (Fsp3) is 0.333. The maximum atomic E-state index is 9.65. The monoisotopic (exact) mass is 377 g/mol. The van der Waals surface area contributed by atoms with Gasteiger partial charge in [0.25, 0.3) is 0 Å². The maximum Gasteiger partial charge on any atom is 0.219 e. The summed E-state index contributed by atoms with van der Waals surface area (Å²) in [7, 11) is 0. The van der Waals surface area contributed by atoms with E-state index >= 15 is 0 Å². The van der Waals surface area contributed by atoms with E-state index in [1.54, 1.807) is 0 Å². The van der Waals surface area contributed by atoms with E-state index in [-0.39, 0.29) is 50.2 Å². The molecule has 0 amide bonds. The fourth-order valence-corrected chi connectivity index (χ4v) is 1.22. The van der Waals surface area contributed by atoms with Gasteiger partial charge in [-0.15, -0.1) is 0 Å². The zero-order chi connectivity index (χ0) is 7.90. The van der Waals surface area contributed by atoms with Crippen LogP contribution in [0.4, 0.5) is 0 Å². The van der Waals surface area contributed by atoms with Crippen molar-refractivity contribution in [3.63, 3.8) is 0 Å². The Labute approximate surface area is 107 Å². The van der Waals surface area contributed by atoms with Crippen LogP contribution < -0.4 is 0 Å². The predicted octanol–water partition coefficient (Wildman–Crippen LogP) is 1.25. The third kappa shape index (κ3) is 1.75. The number of ether oxygens (including phenoxy) is 1. The van der Waals surface area contributed by atoms with E-state index in [9.17, 15) is 5.11 Å². The Hall–Kier alpha value is 0.582. The summed E-state index contributed by atoms with van der Waals surface area (Å²) >= 11 is 0. The number of benzene rings is 1. The van der Waals surface area contributed by atoms with Crippen molar-refractivity contribution in [2.75, 3.05) is 0 Å². The molecule has 2 unspecified atom stereocenters. The number of hydrogen-bond acceptors (Lipinski definition) is 2. The molecule has 3 heteroatoms. The van der Waals surface area contributed by atoms with Gasteiger partial charge in [0.1, 0.15) is 6.10 Å². The Kier molecular flexibility index (Phi) is 3.34. The molecular formula is C9H10AcO2. The summed E-state index contributed by atoms with van der Waals surface area (Å²) in [4.78, 5) is 0. The Morgan fingerprint density at radius 1 is 1.33 bits per heavy atom. The van der Waals surface area contributed by atoms with E-state index in [1.807, 2.05) is 37.3 Å². The van der Waals surface area contributed by atoms with Gasteiger partial charge in [-0.25, -0.2) is 0 Å². The van der Waals surface area contributed by atoms with Gasteiger partial charge in [0.05, 0.1) is 0 Å². The first-order chi connectivity index (χ1) is 5.23. The van der Waals surface area contributed by atoms with Crippen molar-refractivity contribution in [2.24, 2.45) is 0 Å². The van der Waals surface area contributed by atoms with Gasteiger partial charge in [-0.1, -0.05) is 30.3 Å². The maximum absolute atomic E-state index is 9.65. The first-order valence-corrected chi connectivity index (χ1v) is 3.69. The number of hydrogen-bond donors (Lipinski definition) is 1. The van der Waals surface area contributed by atoms with E-state index < -0.39 is 5.79 Å². The van der Waals surface area contributed by atoms with E-state index in [0.717, 1.165) is 5.56 Å². The quantitative estimate of drug-likeness (QED) is 0.748. The van der Waals surface area contributed by atoms with Crippen molar-refractivity contribution in [2.45, 2.75) is 18.8 Å². The molecule has 1 aromatic rings. The molecule has 2 rings (SSSR count). The van der Waals surface area contributed by atoms with Gasteiger partial charge in [0.15, 0.2) is 0 Å². The molecular weight excluding hydrogens is 367 g/mol. The zero-order valence-corrected chi connectivity index (χ0v) is 11.6. The van der Waals surface area contributed by atoms with Gasteiger partial charge in [-0.05, 0) is 6.92 Å². The third-order valence-corrected chi connectivity index (χ3v) is 2.04. The first kappa shape index (κ1) is 10.7. The second-order valence-electron chi connectivity index (χ2n) is 2.82. The molecule has 0 aromatic heterocycles. The minimum Gasteiger partial charge on any atom is -0.360 e. The van der Waals surface area contributed by atoms with E-state index in [1.165, 1.54) is 0 Å². The molecule has 1 fully saturated rings. The van der Waals surface area contributed by atoms with Crippen molar-refractivity contribution in [3.05, 3.63) is 35.9 Å². The third-order valence-electron chi connectivity index (χ3n) is 2.04. The molecule has 1 saturated heterocycles. The summed E-state index contributed by atoms with van der Waals surface area (Å²) in [5, 5.41) is 9.65. The van der Waals surface area contributed by atoms with Gasteiger partial charge in [-0.3, -0.25) is 0 Å². The molecule has 0 spiro atoms. The Balaban J connectivity index is 0.000000720. The standard InChI is InChI=1S/C9H10O2.Ac/c1-7-9(10,11-7)8-5-3-2-4-6-8;/h2-7,10H,1H3;. The largest absolute Gasteiger partial charge is 0.360 e. The van der Waals surface area contributed by atoms with Crippen LogP contribution in [0.3, 0.4) is 0 Å². The molecule has 12 heavy (non-hydrogen) atoms. The van der Waals surface area contributed by atoms with Gasteiger partial charge in [0, 0.05) is 49.6 Å². The minimum atomic E-state index is -0.999. The molecule has 0 bridgehead atoms. The SMILES string of the molecule is CC1OC1(O)c1ccccc1.[Ac]. The van der Waals surface area contributed by atoms with Crippen molar-refractivity contribution in [1.29, 1.82) is 0 Å². The van der Waals surface area contributed by atoms with Gasteiger partial charge in [0.2, 0.25) is 5.79 Å². The normalized spacial score (nSPS) is 32.3. The number of aliphatic hydroxyl groups is 1. The van der Waals surface area contributed by atoms with Crippen LogP contribution >= 0.6 is 0 Å². The van der Waals surface area contributed by atoms with Gasteiger partial charge < -0.3 is 9.84 Å². The molecule has 1 aliphatic rings. The van der Waals surface area contributed by atoms with E-state index in [4.69, 9.17) is 4.74 Å². The summed E-state index contributed by atoms with van der Waals surface area (Å²) in [6.45, 7) is 1.85. The summed E-state index contributed by atoms with van der Waals surface area (Å²) in [6.07, 6.45) is -0.0649. The van der Waals surface area contributed by atoms with Crippen LogP contribution in [0.2, 0.25) is 0 Å². The predicted molar refractivity (Wildman–Crippen MR) is 40.9 cm³/mol. The Morgan fingerprint density at radius 2 is 1.83 bits per heavy atom. The second kappa shape index (κ2) is 3.76. The molecule has 1 aliphatic heterocycles. The Morgan fingerprint density at radius 3 is 2.25 bits per heavy atom. The second-order valence-corrected chi connectivity index (χ2v) is 2.82. The average molecular weight is 377 g/mol. The first-order valence-electron chi connectivity index (χ1n) is 3.69. The van der Waals surface area contributed by atoms with Crippen molar-refractivity contribution < 1.29 is 53.9 Å². The summed E-state index contributed by atoms with van der Waals surface area (Å²) in [5.41, 5.74) is 0.840. The molecule has 1 radical (unpaired) electrons. The van der Waals surface area contributed by atoms with E-state index in [2.05, 4.69) is 0 Å². The van der Waals surface area contributed by atoms with Crippen molar-refractivity contribution in [3.8, 4) is 0 Å². The van der Waals surface area contributed by atoms with Crippen LogP contribution in [-0.4, -0.2) is 11.2 Å². The number of rotatable bonds is 1. The zero-order valence-electron chi connectivity index (χ0n) is 6.90. The van der Waals surface area contributed by atoms with Crippen LogP contribution in [0, 0.1) is 44.1 Å². The molecule has 1 N–H and O–H groups in total. The van der Waals surface area contributed by atoms with Crippen molar-refractivity contribution >= 4 is 0 Å². The molecule has 61 valence electrons. The van der Waals surface area contributed by atoms with Crippen LogP contribution in [0.25, 0.3) is 0 Å². The van der Waals surface area contributed by atoms with Crippen LogP contribution in [-0.2, 0) is 10.5 Å². The minimum absolute atomic E-state index is 0. The average Bonchev–Trinajstić information content (AvgIpc) is 2.64. The fourth-order valence-electron chi connectivity index (χ4n) is 1.22. The Bertz CT molecular complexity index is 262. The molecule has 2 atom stereocenters. The summed E-state index contributed by atoms with van der Waals surface area (Å²) in [5.74, 6) is -0.999. The van der Waals surface area contributed by atoms with Gasteiger partial charge in [-0.2, -0.15) is 0 Å². The van der Waals surface area contributed by atoms with E-state index in [0.29, 0.717) is 0 Å².